The van der Waals surface area contributed by atoms with Crippen LogP contribution in [0.25, 0.3) is 0 Å². The molecule has 0 radical (unpaired) electrons. The van der Waals surface area contributed by atoms with Gasteiger partial charge in [0, 0.05) is 35.6 Å². The van der Waals surface area contributed by atoms with E-state index in [0.29, 0.717) is 22.0 Å². The standard InChI is InChI=1S/C26H34Cl2FN3O4S/c1-5-18(3)30-26(34)23(6-2)31(17-19-13-14-20(27)16-21(19)28)25(33)12-9-15-32(37(4,35)36)24-11-8-7-10-22(24)29/h7-8,10-11,13-14,16,18,23H,5-6,9,12,15,17H2,1-4H3,(H,30,34)/t18-,23-/m1/s1. The number of para-hydroxylation sites is 1. The minimum absolute atomic E-state index is 0.0568. The van der Waals surface area contributed by atoms with Crippen molar-refractivity contribution in [3.05, 3.63) is 63.9 Å². The van der Waals surface area contributed by atoms with Gasteiger partial charge < -0.3 is 10.2 Å². The molecule has 0 aliphatic carbocycles. The van der Waals surface area contributed by atoms with E-state index in [1.165, 1.54) is 23.1 Å². The lowest BCUT2D eigenvalue weighted by Gasteiger charge is -2.32. The summed E-state index contributed by atoms with van der Waals surface area (Å²) in [6, 6.07) is 9.67. The van der Waals surface area contributed by atoms with Crippen LogP contribution in [0.2, 0.25) is 10.0 Å². The molecule has 204 valence electrons. The molecule has 2 amide bonds. The molecule has 0 spiro atoms. The van der Waals surface area contributed by atoms with Gasteiger partial charge in [-0.15, -0.1) is 0 Å². The number of benzene rings is 2. The Morgan fingerprint density at radius 2 is 1.76 bits per heavy atom. The van der Waals surface area contributed by atoms with Gasteiger partial charge in [0.2, 0.25) is 21.8 Å². The van der Waals surface area contributed by atoms with Crippen LogP contribution in [0.1, 0.15) is 52.0 Å². The summed E-state index contributed by atoms with van der Waals surface area (Å²) >= 11 is 12.4. The Kier molecular flexibility index (Phi) is 11.7. The van der Waals surface area contributed by atoms with Gasteiger partial charge in [0.1, 0.15) is 11.9 Å². The minimum atomic E-state index is -3.79. The number of sulfonamides is 1. The number of hydrogen-bond acceptors (Lipinski definition) is 4. The number of hydrogen-bond donors (Lipinski definition) is 1. The Balaban J connectivity index is 2.27. The maximum absolute atomic E-state index is 14.3. The maximum Gasteiger partial charge on any atom is 0.243 e. The molecule has 7 nitrogen and oxygen atoms in total. The lowest BCUT2D eigenvalue weighted by molar-refractivity contribution is -0.141. The van der Waals surface area contributed by atoms with Crippen LogP contribution in [0, 0.1) is 5.82 Å². The molecule has 0 unspecified atom stereocenters. The molecule has 0 aromatic heterocycles. The monoisotopic (exact) mass is 573 g/mol. The van der Waals surface area contributed by atoms with Crippen molar-refractivity contribution in [1.82, 2.24) is 10.2 Å². The van der Waals surface area contributed by atoms with E-state index < -0.39 is 21.9 Å². The van der Waals surface area contributed by atoms with E-state index >= 15 is 0 Å². The van der Waals surface area contributed by atoms with Gasteiger partial charge in [0.05, 0.1) is 11.9 Å². The molecular formula is C26H34Cl2FN3O4S. The Labute approximate surface area is 229 Å². The van der Waals surface area contributed by atoms with E-state index in [4.69, 9.17) is 23.2 Å². The predicted molar refractivity (Wildman–Crippen MR) is 147 cm³/mol. The lowest BCUT2D eigenvalue weighted by atomic mass is 10.1. The predicted octanol–water partition coefficient (Wildman–Crippen LogP) is 5.40. The molecule has 0 bridgehead atoms. The van der Waals surface area contributed by atoms with Crippen molar-refractivity contribution in [1.29, 1.82) is 0 Å². The molecule has 0 aliphatic heterocycles. The van der Waals surface area contributed by atoms with Crippen molar-refractivity contribution >= 4 is 50.7 Å². The average molecular weight is 575 g/mol. The van der Waals surface area contributed by atoms with Crippen molar-refractivity contribution in [2.24, 2.45) is 0 Å². The fraction of sp³-hybridized carbons (Fsp3) is 0.462. The second-order valence-electron chi connectivity index (χ2n) is 8.89. The number of rotatable bonds is 13. The van der Waals surface area contributed by atoms with Crippen molar-refractivity contribution < 1.29 is 22.4 Å². The second kappa shape index (κ2) is 14.0. The number of carbonyl (C=O) groups excluding carboxylic acids is 2. The molecule has 2 aromatic carbocycles. The highest BCUT2D eigenvalue weighted by atomic mass is 35.5. The van der Waals surface area contributed by atoms with Gasteiger partial charge >= 0.3 is 0 Å². The van der Waals surface area contributed by atoms with Gasteiger partial charge in [-0.3, -0.25) is 13.9 Å². The van der Waals surface area contributed by atoms with Gasteiger partial charge in [0.25, 0.3) is 0 Å². The van der Waals surface area contributed by atoms with E-state index in [0.717, 1.165) is 17.0 Å². The molecule has 0 fully saturated rings. The van der Waals surface area contributed by atoms with E-state index in [2.05, 4.69) is 5.32 Å². The number of nitrogens with zero attached hydrogens (tertiary/aromatic N) is 2. The first kappa shape index (κ1) is 30.9. The molecule has 37 heavy (non-hydrogen) atoms. The quantitative estimate of drug-likeness (QED) is 0.347. The molecule has 2 atom stereocenters. The van der Waals surface area contributed by atoms with Crippen molar-refractivity contribution in [3.63, 3.8) is 0 Å². The zero-order valence-corrected chi connectivity index (χ0v) is 23.8. The van der Waals surface area contributed by atoms with Crippen LogP contribution in [-0.4, -0.2) is 50.0 Å². The van der Waals surface area contributed by atoms with Crippen LogP contribution in [-0.2, 0) is 26.2 Å². The van der Waals surface area contributed by atoms with Crippen LogP contribution in [0.5, 0.6) is 0 Å². The van der Waals surface area contributed by atoms with Crippen molar-refractivity contribution in [3.8, 4) is 0 Å². The first-order valence-corrected chi connectivity index (χ1v) is 14.7. The van der Waals surface area contributed by atoms with E-state index in [1.807, 2.05) is 20.8 Å². The largest absolute Gasteiger partial charge is 0.352 e. The summed E-state index contributed by atoms with van der Waals surface area (Å²) in [5.41, 5.74) is 0.542. The molecule has 2 rings (SSSR count). The SMILES string of the molecule is CC[C@@H](C)NC(=O)[C@@H](CC)N(Cc1ccc(Cl)cc1Cl)C(=O)CCCN(c1ccccc1F)S(C)(=O)=O. The summed E-state index contributed by atoms with van der Waals surface area (Å²) in [4.78, 5) is 28.0. The van der Waals surface area contributed by atoms with Gasteiger partial charge in [-0.05, 0) is 56.0 Å². The molecular weight excluding hydrogens is 540 g/mol. The van der Waals surface area contributed by atoms with E-state index in [9.17, 15) is 22.4 Å². The smallest absolute Gasteiger partial charge is 0.243 e. The summed E-state index contributed by atoms with van der Waals surface area (Å²) in [6.07, 6.45) is 2.15. The number of nitrogens with one attached hydrogen (secondary N) is 1. The van der Waals surface area contributed by atoms with Gasteiger partial charge in [0.15, 0.2) is 0 Å². The maximum atomic E-state index is 14.3. The topological polar surface area (TPSA) is 86.8 Å². The Morgan fingerprint density at radius 3 is 2.32 bits per heavy atom. The third kappa shape index (κ3) is 8.86. The van der Waals surface area contributed by atoms with Crippen LogP contribution < -0.4 is 9.62 Å². The van der Waals surface area contributed by atoms with Gasteiger partial charge in [-0.25, -0.2) is 12.8 Å². The van der Waals surface area contributed by atoms with E-state index in [1.54, 1.807) is 24.3 Å². The molecule has 0 saturated carbocycles. The Bertz CT molecular complexity index is 1200. The highest BCUT2D eigenvalue weighted by Crippen LogP contribution is 2.25. The highest BCUT2D eigenvalue weighted by molar-refractivity contribution is 7.92. The number of anilines is 1. The van der Waals surface area contributed by atoms with E-state index in [-0.39, 0.29) is 49.5 Å². The number of amides is 2. The third-order valence-electron chi connectivity index (χ3n) is 6.02. The molecule has 11 heteroatoms. The molecule has 0 aliphatic rings. The van der Waals surface area contributed by atoms with Crippen LogP contribution in [0.3, 0.4) is 0 Å². The fourth-order valence-corrected chi connectivity index (χ4v) is 5.26. The molecule has 1 N–H and O–H groups in total. The van der Waals surface area contributed by atoms with Crippen LogP contribution in [0.15, 0.2) is 42.5 Å². The van der Waals surface area contributed by atoms with Crippen molar-refractivity contribution in [2.45, 2.75) is 65.1 Å². The molecule has 0 heterocycles. The highest BCUT2D eigenvalue weighted by Gasteiger charge is 2.30. The molecule has 2 aromatic rings. The number of carbonyl (C=O) groups is 2. The van der Waals surface area contributed by atoms with Gasteiger partial charge in [-0.2, -0.15) is 0 Å². The average Bonchev–Trinajstić information content (AvgIpc) is 2.82. The molecule has 0 saturated heterocycles. The van der Waals surface area contributed by atoms with Crippen molar-refractivity contribution in [2.75, 3.05) is 17.1 Å². The zero-order valence-electron chi connectivity index (χ0n) is 21.5. The Morgan fingerprint density at radius 1 is 1.08 bits per heavy atom. The summed E-state index contributed by atoms with van der Waals surface area (Å²) in [6.45, 7) is 5.62. The first-order chi connectivity index (χ1) is 17.4. The fourth-order valence-electron chi connectivity index (χ4n) is 3.83. The minimum Gasteiger partial charge on any atom is -0.352 e. The normalized spacial score (nSPS) is 13.1. The lowest BCUT2D eigenvalue weighted by Crippen LogP contribution is -2.50. The summed E-state index contributed by atoms with van der Waals surface area (Å²) in [5.74, 6) is -1.30. The second-order valence-corrected chi connectivity index (χ2v) is 11.6. The summed E-state index contributed by atoms with van der Waals surface area (Å²) in [5, 5.41) is 3.74. The summed E-state index contributed by atoms with van der Waals surface area (Å²) in [7, 11) is -3.79. The first-order valence-electron chi connectivity index (χ1n) is 12.1. The van der Waals surface area contributed by atoms with Crippen LogP contribution in [0.4, 0.5) is 10.1 Å². The van der Waals surface area contributed by atoms with Gasteiger partial charge in [-0.1, -0.05) is 55.2 Å². The zero-order chi connectivity index (χ0) is 27.8. The summed E-state index contributed by atoms with van der Waals surface area (Å²) < 4.78 is 40.0. The van der Waals surface area contributed by atoms with Crippen LogP contribution >= 0.6 is 23.2 Å². The third-order valence-corrected chi connectivity index (χ3v) is 7.78. The number of halogens is 3. The Hall–Kier alpha value is -2.36.